The number of nitrogens with zero attached hydrogens (tertiary/aromatic N) is 12. The van der Waals surface area contributed by atoms with Crippen LogP contribution in [0.25, 0.3) is 34.2 Å². The normalized spacial score (nSPS) is 11.3. The Balaban J connectivity index is 0.000000315. The van der Waals surface area contributed by atoms with Crippen molar-refractivity contribution >= 4 is 18.6 Å². The van der Waals surface area contributed by atoms with Crippen LogP contribution >= 0.6 is 0 Å². The molecular formula is C78H72Cl4Fe2N12O6. The monoisotopic (exact) mass is 1520 g/mol. The van der Waals surface area contributed by atoms with Gasteiger partial charge in [-0.3, -0.25) is 59.8 Å². The van der Waals surface area contributed by atoms with Crippen molar-refractivity contribution < 1.29 is 112 Å². The molecule has 102 heavy (non-hydrogen) atoms. The third-order valence-electron chi connectivity index (χ3n) is 14.6. The van der Waals surface area contributed by atoms with Crippen LogP contribution in [0, 0.1) is 0 Å². The first-order valence-electron chi connectivity index (χ1n) is 31.0. The predicted octanol–water partition coefficient (Wildman–Crippen LogP) is 2.78. The molecule has 0 fully saturated rings. The molecule has 3 aromatic carbocycles. The summed E-state index contributed by atoms with van der Waals surface area (Å²) in [6.45, 7) is 2.69. The number of pyridine rings is 9. The standard InChI is InChI=1S/3C26H24N4O2.4ClH.2Fe/c3*1-31-23-12-11-22(28-17-23)16-30-26(21-7-3-2-4-8-21)19-32-18-20-10-13-25(29-15-20)24-9-5-6-14-27-24;;;;;;/h3*2-17,26H,18-19H2,1H3;4*1H;;/q;;;;;;;2*+2/p-4/t3*26-;;;;;;/m111....../s1. The van der Waals surface area contributed by atoms with E-state index in [0.717, 1.165) is 84.6 Å². The molecule has 9 heterocycles. The zero-order valence-electron chi connectivity index (χ0n) is 55.7. The fourth-order valence-corrected chi connectivity index (χ4v) is 9.36. The van der Waals surface area contributed by atoms with E-state index in [0.29, 0.717) is 56.9 Å². The van der Waals surface area contributed by atoms with Gasteiger partial charge in [0.15, 0.2) is 0 Å². The van der Waals surface area contributed by atoms with E-state index in [-0.39, 0.29) is 102 Å². The van der Waals surface area contributed by atoms with Gasteiger partial charge in [0.1, 0.15) is 17.2 Å². The molecule has 0 N–H and O–H groups in total. The number of aromatic nitrogens is 9. The first-order chi connectivity index (χ1) is 47.4. The van der Waals surface area contributed by atoms with Crippen LogP contribution in [0.3, 0.4) is 0 Å². The molecule has 12 aromatic rings. The van der Waals surface area contributed by atoms with Crippen LogP contribution in [0.1, 0.15) is 68.6 Å². The predicted molar refractivity (Wildman–Crippen MR) is 374 cm³/mol. The van der Waals surface area contributed by atoms with Gasteiger partial charge in [-0.15, -0.1) is 0 Å². The van der Waals surface area contributed by atoms with Crippen LogP contribution in [0.15, 0.2) is 289 Å². The summed E-state index contributed by atoms with van der Waals surface area (Å²) in [5.41, 5.74) is 13.6. The summed E-state index contributed by atoms with van der Waals surface area (Å²) in [6.07, 6.45) is 21.1. The zero-order chi connectivity index (χ0) is 66.0. The van der Waals surface area contributed by atoms with E-state index in [9.17, 15) is 0 Å². The number of benzene rings is 3. The van der Waals surface area contributed by atoms with E-state index >= 15 is 0 Å². The zero-order valence-corrected chi connectivity index (χ0v) is 61.0. The maximum atomic E-state index is 6.00. The average molecular weight is 1530 g/mol. The molecule has 524 valence electrons. The molecule has 24 heteroatoms. The van der Waals surface area contributed by atoms with Gasteiger partial charge in [-0.05, 0) is 124 Å². The summed E-state index contributed by atoms with van der Waals surface area (Å²) >= 11 is 0. The maximum Gasteiger partial charge on any atom is 2.00 e. The van der Waals surface area contributed by atoms with Crippen LogP contribution in [0.2, 0.25) is 0 Å². The van der Waals surface area contributed by atoms with Gasteiger partial charge in [0, 0.05) is 55.8 Å². The van der Waals surface area contributed by atoms with E-state index in [1.807, 2.05) is 201 Å². The van der Waals surface area contributed by atoms with Crippen molar-refractivity contribution in [1.82, 2.24) is 44.9 Å². The molecule has 0 aliphatic carbocycles. The summed E-state index contributed by atoms with van der Waals surface area (Å²) in [5.74, 6) is 2.15. The molecule has 18 nitrogen and oxygen atoms in total. The topological polar surface area (TPSA) is 208 Å². The molecule has 0 saturated heterocycles. The number of ether oxygens (including phenoxy) is 6. The summed E-state index contributed by atoms with van der Waals surface area (Å²) in [4.78, 5) is 53.7. The van der Waals surface area contributed by atoms with Crippen molar-refractivity contribution in [2.75, 3.05) is 41.2 Å². The van der Waals surface area contributed by atoms with Crippen molar-refractivity contribution in [3.05, 3.63) is 325 Å². The van der Waals surface area contributed by atoms with Gasteiger partial charge in [0.05, 0.1) is 149 Å². The van der Waals surface area contributed by atoms with Crippen LogP contribution in [-0.4, -0.2) is 105 Å². The Morgan fingerprint density at radius 2 is 0.549 bits per heavy atom. The molecule has 0 aliphatic rings. The minimum atomic E-state index is -0.138. The first-order valence-corrected chi connectivity index (χ1v) is 31.0. The third kappa shape index (κ3) is 27.8. The van der Waals surface area contributed by atoms with Gasteiger partial charge in [-0.1, -0.05) is 127 Å². The number of rotatable bonds is 27. The van der Waals surface area contributed by atoms with Gasteiger partial charge in [0.25, 0.3) is 0 Å². The molecule has 9 aromatic heterocycles. The Morgan fingerprint density at radius 1 is 0.284 bits per heavy atom. The molecule has 0 aliphatic heterocycles. The maximum absolute atomic E-state index is 6.00. The molecule has 0 radical (unpaired) electrons. The van der Waals surface area contributed by atoms with Crippen molar-refractivity contribution in [1.29, 1.82) is 0 Å². The molecular weight excluding hydrogens is 1450 g/mol. The molecule has 3 atom stereocenters. The second-order valence-corrected chi connectivity index (χ2v) is 21.3. The Kier molecular flexibility index (Phi) is 39.6. The molecule has 0 spiro atoms. The van der Waals surface area contributed by atoms with Gasteiger partial charge in [-0.2, -0.15) is 0 Å². The van der Waals surface area contributed by atoms with Crippen LogP contribution in [0.4, 0.5) is 0 Å². The van der Waals surface area contributed by atoms with Crippen LogP contribution in [-0.2, 0) is 68.2 Å². The number of hydrogen-bond donors (Lipinski definition) is 0. The Labute approximate surface area is 641 Å². The molecule has 0 bridgehead atoms. The Hall–Kier alpha value is -9.50. The quantitative estimate of drug-likeness (QED) is 0.0536. The summed E-state index contributed by atoms with van der Waals surface area (Å²) in [5, 5.41) is 0. The summed E-state index contributed by atoms with van der Waals surface area (Å²) < 4.78 is 33.5. The van der Waals surface area contributed by atoms with E-state index in [2.05, 4.69) is 81.3 Å². The third-order valence-corrected chi connectivity index (χ3v) is 14.6. The van der Waals surface area contributed by atoms with Crippen LogP contribution < -0.4 is 63.8 Å². The largest absolute Gasteiger partial charge is 2.00 e. The van der Waals surface area contributed by atoms with Crippen molar-refractivity contribution in [2.45, 2.75) is 37.9 Å². The van der Waals surface area contributed by atoms with Crippen LogP contribution in [0.5, 0.6) is 17.2 Å². The molecule has 0 unspecified atom stereocenters. The van der Waals surface area contributed by atoms with Crippen molar-refractivity contribution in [3.8, 4) is 51.4 Å². The van der Waals surface area contributed by atoms with E-state index in [1.54, 1.807) is 77.2 Å². The van der Waals surface area contributed by atoms with E-state index < -0.39 is 0 Å². The second-order valence-electron chi connectivity index (χ2n) is 21.3. The fraction of sp³-hybridized carbons (Fsp3) is 0.154. The number of methoxy groups -OCH3 is 3. The second kappa shape index (κ2) is 47.6. The average Bonchev–Trinajstić information content (AvgIpc) is 0.907. The van der Waals surface area contributed by atoms with Gasteiger partial charge in [-0.25, -0.2) is 0 Å². The smallest absolute Gasteiger partial charge is 1.00 e. The first kappa shape index (κ1) is 84.9. The van der Waals surface area contributed by atoms with E-state index in [4.69, 9.17) is 43.4 Å². The summed E-state index contributed by atoms with van der Waals surface area (Å²) in [6, 6.07) is 70.4. The van der Waals surface area contributed by atoms with Gasteiger partial charge in [0.2, 0.25) is 0 Å². The minimum absolute atomic E-state index is 0. The minimum Gasteiger partial charge on any atom is -1.00 e. The van der Waals surface area contributed by atoms with Gasteiger partial charge < -0.3 is 78.0 Å². The number of halogens is 4. The van der Waals surface area contributed by atoms with Gasteiger partial charge >= 0.3 is 34.1 Å². The van der Waals surface area contributed by atoms with E-state index in [1.165, 1.54) is 0 Å². The number of hydrogen-bond acceptors (Lipinski definition) is 18. The van der Waals surface area contributed by atoms with Crippen molar-refractivity contribution in [3.63, 3.8) is 0 Å². The summed E-state index contributed by atoms with van der Waals surface area (Å²) in [7, 11) is 4.86. The molecule has 0 saturated carbocycles. The molecule has 12 rings (SSSR count). The Morgan fingerprint density at radius 3 is 0.765 bits per heavy atom. The number of aliphatic imine (C=N–C) groups is 3. The van der Waals surface area contributed by atoms with Crippen molar-refractivity contribution in [2.24, 2.45) is 15.0 Å². The SMILES string of the molecule is COc1ccc(C=N[C@H](COCc2ccc(-c3ccccn3)nc2)c2ccccc2)nc1.COc1ccc(C=N[C@H](COCc2ccc(-c3ccccn3)nc2)c2ccccc2)nc1.COc1ccc(C=N[C@H](COCc2ccc(-c3ccccn3)nc2)c2ccccc2)nc1.[Cl-].[Cl-].[Cl-].[Cl-].[Fe+2].[Fe+2]. The molecule has 0 amide bonds. The Bertz CT molecular complexity index is 3830. The fourth-order valence-electron chi connectivity index (χ4n) is 9.36.